The second-order valence-corrected chi connectivity index (χ2v) is 7.48. The normalized spacial score (nSPS) is 37.9. The van der Waals surface area contributed by atoms with Gasteiger partial charge in [-0.3, -0.25) is 4.90 Å². The van der Waals surface area contributed by atoms with Gasteiger partial charge in [-0.1, -0.05) is 30.4 Å². The number of carbonyl (C=O) groups excluding carboxylic acids is 1. The minimum atomic E-state index is 0.113. The van der Waals surface area contributed by atoms with E-state index in [9.17, 15) is 4.79 Å². The number of hydrogen-bond acceptors (Lipinski definition) is 2. The van der Waals surface area contributed by atoms with Gasteiger partial charge in [0, 0.05) is 41.6 Å². The topological polar surface area (TPSA) is 25.2 Å². The van der Waals surface area contributed by atoms with Crippen LogP contribution in [0.4, 0.5) is 0 Å². The summed E-state index contributed by atoms with van der Waals surface area (Å²) in [5, 5.41) is 1.37. The third-order valence-corrected chi connectivity index (χ3v) is 6.74. The van der Waals surface area contributed by atoms with Crippen molar-refractivity contribution < 1.29 is 4.79 Å². The Balaban J connectivity index is 1.77. The summed E-state index contributed by atoms with van der Waals surface area (Å²) in [4.78, 5) is 14.4. The number of para-hydroxylation sites is 1. The highest BCUT2D eigenvalue weighted by Gasteiger charge is 2.55. The van der Waals surface area contributed by atoms with Gasteiger partial charge in [0.15, 0.2) is 0 Å². The molecule has 118 valence electrons. The molecular formula is C20H22N2O. The van der Waals surface area contributed by atoms with Gasteiger partial charge in [-0.2, -0.15) is 0 Å². The van der Waals surface area contributed by atoms with E-state index in [4.69, 9.17) is 0 Å². The molecular weight excluding hydrogens is 284 g/mol. The Labute approximate surface area is 136 Å². The molecule has 3 heteroatoms. The molecule has 4 aliphatic heterocycles. The van der Waals surface area contributed by atoms with Crippen LogP contribution in [0.3, 0.4) is 0 Å². The Hall–Kier alpha value is -1.87. The fourth-order valence-corrected chi connectivity index (χ4v) is 5.69. The minimum absolute atomic E-state index is 0.113. The van der Waals surface area contributed by atoms with Gasteiger partial charge in [-0.15, -0.1) is 0 Å². The average molecular weight is 306 g/mol. The molecule has 0 radical (unpaired) electrons. The third-order valence-electron chi connectivity index (χ3n) is 6.74. The Bertz CT molecular complexity index is 849. The smallest absolute Gasteiger partial charge is 0.125 e. The van der Waals surface area contributed by atoms with Crippen LogP contribution in [0.2, 0.25) is 0 Å². The van der Waals surface area contributed by atoms with Crippen molar-refractivity contribution in [3.8, 4) is 0 Å². The molecule has 3 saturated heterocycles. The van der Waals surface area contributed by atoms with Crippen LogP contribution < -0.4 is 0 Å². The van der Waals surface area contributed by atoms with E-state index in [1.54, 1.807) is 0 Å². The first-order chi connectivity index (χ1) is 11.1. The van der Waals surface area contributed by atoms with Gasteiger partial charge in [-0.05, 0) is 37.3 Å². The number of aldehydes is 1. The molecule has 1 aromatic heterocycles. The molecule has 6 atom stereocenters. The zero-order chi connectivity index (χ0) is 15.9. The maximum Gasteiger partial charge on any atom is 0.125 e. The van der Waals surface area contributed by atoms with Crippen molar-refractivity contribution in [3.63, 3.8) is 0 Å². The Morgan fingerprint density at radius 3 is 2.87 bits per heavy atom. The predicted molar refractivity (Wildman–Crippen MR) is 91.3 cm³/mol. The van der Waals surface area contributed by atoms with Crippen LogP contribution in [0.15, 0.2) is 36.4 Å². The number of hydrogen-bond donors (Lipinski definition) is 0. The number of nitrogens with zero attached hydrogens (tertiary/aromatic N) is 2. The first-order valence-electron chi connectivity index (χ1n) is 8.61. The van der Waals surface area contributed by atoms with Crippen molar-refractivity contribution in [1.82, 2.24) is 9.47 Å². The zero-order valence-corrected chi connectivity index (χ0v) is 13.7. The van der Waals surface area contributed by atoms with Gasteiger partial charge >= 0.3 is 0 Å². The van der Waals surface area contributed by atoms with Crippen LogP contribution in [0, 0.1) is 11.8 Å². The zero-order valence-electron chi connectivity index (χ0n) is 13.7. The molecule has 4 bridgehead atoms. The number of benzene rings is 1. The van der Waals surface area contributed by atoms with Gasteiger partial charge in [0.05, 0.1) is 6.04 Å². The minimum Gasteiger partial charge on any atom is -0.346 e. The Morgan fingerprint density at radius 1 is 1.30 bits per heavy atom. The van der Waals surface area contributed by atoms with Crippen LogP contribution in [0.5, 0.6) is 0 Å². The monoisotopic (exact) mass is 306 g/mol. The van der Waals surface area contributed by atoms with Crippen LogP contribution in [0.1, 0.15) is 30.6 Å². The predicted octanol–water partition coefficient (Wildman–Crippen LogP) is 3.24. The van der Waals surface area contributed by atoms with Gasteiger partial charge in [0.1, 0.15) is 6.29 Å². The van der Waals surface area contributed by atoms with E-state index in [0.717, 1.165) is 12.8 Å². The third kappa shape index (κ3) is 1.47. The van der Waals surface area contributed by atoms with Gasteiger partial charge in [0.2, 0.25) is 0 Å². The van der Waals surface area contributed by atoms with E-state index < -0.39 is 0 Å². The molecule has 1 unspecified atom stereocenters. The van der Waals surface area contributed by atoms with E-state index in [0.29, 0.717) is 24.0 Å². The molecule has 5 heterocycles. The van der Waals surface area contributed by atoms with Crippen molar-refractivity contribution in [3.05, 3.63) is 47.7 Å². The quantitative estimate of drug-likeness (QED) is 0.597. The molecule has 0 amide bonds. The highest BCUT2D eigenvalue weighted by atomic mass is 16.1. The largest absolute Gasteiger partial charge is 0.346 e. The number of piperidine rings is 3. The van der Waals surface area contributed by atoms with Crippen molar-refractivity contribution in [1.29, 1.82) is 0 Å². The summed E-state index contributed by atoms with van der Waals surface area (Å²) >= 11 is 0. The summed E-state index contributed by atoms with van der Waals surface area (Å²) in [5.41, 5.74) is 5.52. The molecule has 23 heavy (non-hydrogen) atoms. The Morgan fingerprint density at radius 2 is 2.09 bits per heavy atom. The van der Waals surface area contributed by atoms with Crippen LogP contribution in [-0.4, -0.2) is 27.8 Å². The lowest BCUT2D eigenvalue weighted by Gasteiger charge is -2.60. The number of carbonyl (C=O) groups is 1. The van der Waals surface area contributed by atoms with Gasteiger partial charge < -0.3 is 9.36 Å². The molecule has 3 nitrogen and oxygen atoms in total. The van der Waals surface area contributed by atoms with E-state index in [2.05, 4.69) is 54.3 Å². The highest BCUT2D eigenvalue weighted by molar-refractivity contribution is 5.86. The summed E-state index contributed by atoms with van der Waals surface area (Å²) in [5.74, 6) is 0.468. The molecule has 0 N–H and O–H groups in total. The van der Waals surface area contributed by atoms with Gasteiger partial charge in [-0.25, -0.2) is 0 Å². The van der Waals surface area contributed by atoms with E-state index in [1.807, 2.05) is 0 Å². The van der Waals surface area contributed by atoms with Crippen LogP contribution in [-0.2, 0) is 18.3 Å². The summed E-state index contributed by atoms with van der Waals surface area (Å²) < 4.78 is 2.39. The summed E-state index contributed by atoms with van der Waals surface area (Å²) in [7, 11) is 2.20. The maximum absolute atomic E-state index is 11.8. The van der Waals surface area contributed by atoms with Crippen molar-refractivity contribution in [2.45, 2.75) is 37.9 Å². The first kappa shape index (κ1) is 13.6. The molecule has 0 aliphatic carbocycles. The van der Waals surface area contributed by atoms with E-state index in [-0.39, 0.29) is 5.92 Å². The number of aromatic nitrogens is 1. The molecule has 6 rings (SSSR count). The van der Waals surface area contributed by atoms with Gasteiger partial charge in [0.25, 0.3) is 0 Å². The Kier molecular flexibility index (Phi) is 2.57. The lowest BCUT2D eigenvalue weighted by atomic mass is 9.62. The molecule has 0 spiro atoms. The molecule has 4 aliphatic rings. The van der Waals surface area contributed by atoms with E-state index >= 15 is 0 Å². The van der Waals surface area contributed by atoms with Crippen molar-refractivity contribution in [2.24, 2.45) is 18.9 Å². The van der Waals surface area contributed by atoms with Crippen molar-refractivity contribution >= 4 is 17.2 Å². The van der Waals surface area contributed by atoms with Crippen molar-refractivity contribution in [2.75, 3.05) is 0 Å². The van der Waals surface area contributed by atoms with Crippen LogP contribution >= 0.6 is 0 Å². The lowest BCUT2D eigenvalue weighted by Crippen LogP contribution is -2.63. The summed E-state index contributed by atoms with van der Waals surface area (Å²) in [6, 6.07) is 9.85. The molecule has 3 fully saturated rings. The standard InChI is InChI=1S/C20H22N2O/c1-11-12(2)22-18-9-15-13-6-4-5-7-17(13)21(3)20(15)19(22)8-14(11)16(18)10-23/h4-7,10,12,14,16,18-19H,1,8-9H2,2-3H3/t12-,14-,16+,18-,19-/m0/s1. The number of rotatable bonds is 1. The molecule has 2 aromatic rings. The number of aryl methyl sites for hydroxylation is 1. The second kappa shape index (κ2) is 4.35. The van der Waals surface area contributed by atoms with E-state index in [1.165, 1.54) is 34.0 Å². The first-order valence-corrected chi connectivity index (χ1v) is 8.61. The fourth-order valence-electron chi connectivity index (χ4n) is 5.69. The fraction of sp³-hybridized carbons (Fsp3) is 0.450. The highest BCUT2D eigenvalue weighted by Crippen LogP contribution is 2.55. The SMILES string of the molecule is C=C1[C@@H]2C[C@H]3c4c(c5ccccc5n4C)C[C@@H]([C@@H]2C=O)N3[C@H]1C. The molecule has 0 saturated carbocycles. The second-order valence-electron chi connectivity index (χ2n) is 7.48. The van der Waals surface area contributed by atoms with Crippen LogP contribution in [0.25, 0.3) is 10.9 Å². The average Bonchev–Trinajstić information content (AvgIpc) is 2.85. The summed E-state index contributed by atoms with van der Waals surface area (Å²) in [6.45, 7) is 6.58. The molecule has 1 aromatic carbocycles. The summed E-state index contributed by atoms with van der Waals surface area (Å²) in [6.07, 6.45) is 3.23. The lowest BCUT2D eigenvalue weighted by molar-refractivity contribution is -0.124. The maximum atomic E-state index is 11.8. The number of fused-ring (bicyclic) bond motifs is 4.